The molecule has 0 aliphatic carbocycles. The summed E-state index contributed by atoms with van der Waals surface area (Å²) in [5.74, 6) is 0.256. The van der Waals surface area contributed by atoms with E-state index in [1.54, 1.807) is 6.26 Å². The summed E-state index contributed by atoms with van der Waals surface area (Å²) in [7, 11) is 0. The fourth-order valence-corrected chi connectivity index (χ4v) is 2.49. The van der Waals surface area contributed by atoms with E-state index in [0.29, 0.717) is 8.73 Å². The number of rotatable bonds is 3. The molecule has 1 aliphatic rings. The predicted octanol–water partition coefficient (Wildman–Crippen LogP) is -1.05. The Bertz CT molecular complexity index is 542. The van der Waals surface area contributed by atoms with Gasteiger partial charge in [-0.05, 0) is 28.8 Å². The Labute approximate surface area is 132 Å². The first-order valence-electron chi connectivity index (χ1n) is 5.70. The molecule has 0 spiro atoms. The molecule has 5 N–H and O–H groups in total. The van der Waals surface area contributed by atoms with E-state index in [0.717, 1.165) is 0 Å². The smallest absolute Gasteiger partial charge is 0.267 e. The summed E-state index contributed by atoms with van der Waals surface area (Å²) in [6.45, 7) is -0.120. The number of nitrogens with zero attached hydrogens (tertiary/aromatic N) is 1. The maximum Gasteiger partial charge on any atom is 0.267 e. The number of H-pyrrole nitrogens is 1. The van der Waals surface area contributed by atoms with Gasteiger partial charge in [0.15, 0.2) is 11.4 Å². The Hall–Kier alpha value is -0.400. The third kappa shape index (κ3) is 3.26. The normalized spacial score (nSPS) is 30.2. The van der Waals surface area contributed by atoms with Crippen molar-refractivity contribution in [1.29, 1.82) is 0 Å². The van der Waals surface area contributed by atoms with Crippen LogP contribution in [-0.2, 0) is 4.74 Å². The van der Waals surface area contributed by atoms with E-state index in [4.69, 9.17) is 4.74 Å². The van der Waals surface area contributed by atoms with Crippen molar-refractivity contribution in [2.24, 2.45) is 0 Å². The van der Waals surface area contributed by atoms with E-state index < -0.39 is 24.5 Å². The minimum Gasteiger partial charge on any atom is -0.388 e. The minimum atomic E-state index is -1.33. The van der Waals surface area contributed by atoms with Crippen molar-refractivity contribution >= 4 is 40.2 Å². The second kappa shape index (κ2) is 6.58. The van der Waals surface area contributed by atoms with Crippen LogP contribution in [0.1, 0.15) is 0 Å². The molecular weight excluding hydrogens is 401 g/mol. The molecule has 2 heterocycles. The maximum atomic E-state index is 11.7. The Morgan fingerprint density at radius 1 is 1.45 bits per heavy atom. The lowest BCUT2D eigenvalue weighted by Crippen LogP contribution is -2.55. The first kappa shape index (κ1) is 16.0. The van der Waals surface area contributed by atoms with Gasteiger partial charge in [-0.1, -0.05) is 11.8 Å². The summed E-state index contributed by atoms with van der Waals surface area (Å²) in [6.07, 6.45) is -2.97. The number of thioether (sulfide) groups is 1. The molecule has 0 amide bonds. The number of aliphatic hydroxyl groups excluding tert-OH is 3. The standard InChI is InChI=1S/C10H14IN3O5S/c1-20-10-13-7(4(11)8(18)14-10)12-9-6(17)5(16)3(15)2-19-9/h3,5-6,9,15-17H,2H2,1H3,(H2,12,13,14,18)/t3-,5-,6+,9-/m1/s1. The Morgan fingerprint density at radius 2 is 2.15 bits per heavy atom. The number of hydrogen-bond acceptors (Lipinski definition) is 8. The zero-order chi connectivity index (χ0) is 14.9. The van der Waals surface area contributed by atoms with Crippen LogP contribution >= 0.6 is 34.4 Å². The Balaban J connectivity index is 2.22. The van der Waals surface area contributed by atoms with Crippen molar-refractivity contribution in [2.75, 3.05) is 18.2 Å². The SMILES string of the molecule is CSc1nc(N[C@@H]2OC[C@@H](O)[C@@H](O)[C@@H]2O)c(I)c(=O)[nH]1. The van der Waals surface area contributed by atoms with Crippen molar-refractivity contribution < 1.29 is 20.1 Å². The van der Waals surface area contributed by atoms with Crippen LogP contribution in [-0.4, -0.2) is 62.7 Å². The summed E-state index contributed by atoms with van der Waals surface area (Å²) in [5.41, 5.74) is -0.307. The van der Waals surface area contributed by atoms with Crippen LogP contribution < -0.4 is 10.9 Å². The molecule has 20 heavy (non-hydrogen) atoms. The number of aromatic amines is 1. The quantitative estimate of drug-likeness (QED) is 0.241. The van der Waals surface area contributed by atoms with Crippen molar-refractivity contribution in [3.8, 4) is 0 Å². The number of nitrogens with one attached hydrogen (secondary N) is 2. The van der Waals surface area contributed by atoms with Gasteiger partial charge in [0.05, 0.1) is 6.61 Å². The van der Waals surface area contributed by atoms with Crippen molar-refractivity contribution in [3.05, 3.63) is 13.9 Å². The van der Waals surface area contributed by atoms with Crippen LogP contribution in [0.5, 0.6) is 0 Å². The van der Waals surface area contributed by atoms with Gasteiger partial charge in [0.25, 0.3) is 5.56 Å². The monoisotopic (exact) mass is 415 g/mol. The highest BCUT2D eigenvalue weighted by atomic mass is 127. The lowest BCUT2D eigenvalue weighted by molar-refractivity contribution is -0.178. The van der Waals surface area contributed by atoms with E-state index >= 15 is 0 Å². The molecule has 0 unspecified atom stereocenters. The number of ether oxygens (including phenoxy) is 1. The van der Waals surface area contributed by atoms with Crippen molar-refractivity contribution in [1.82, 2.24) is 9.97 Å². The average molecular weight is 415 g/mol. The summed E-state index contributed by atoms with van der Waals surface area (Å²) in [4.78, 5) is 18.5. The largest absolute Gasteiger partial charge is 0.388 e. The van der Waals surface area contributed by atoms with Gasteiger partial charge in [-0.15, -0.1) is 0 Å². The van der Waals surface area contributed by atoms with Crippen molar-refractivity contribution in [3.63, 3.8) is 0 Å². The average Bonchev–Trinajstić information content (AvgIpc) is 2.44. The molecular formula is C10H14IN3O5S. The van der Waals surface area contributed by atoms with Gasteiger partial charge in [-0.2, -0.15) is 0 Å². The van der Waals surface area contributed by atoms with Crippen LogP contribution in [0.3, 0.4) is 0 Å². The van der Waals surface area contributed by atoms with Gasteiger partial charge in [0.1, 0.15) is 27.7 Å². The molecule has 2 rings (SSSR count). The molecule has 1 aliphatic heterocycles. The third-order valence-electron chi connectivity index (χ3n) is 2.81. The van der Waals surface area contributed by atoms with E-state index in [-0.39, 0.29) is 18.0 Å². The van der Waals surface area contributed by atoms with Gasteiger partial charge < -0.3 is 30.4 Å². The first-order chi connectivity index (χ1) is 9.43. The molecule has 0 saturated carbocycles. The van der Waals surface area contributed by atoms with Gasteiger partial charge >= 0.3 is 0 Å². The van der Waals surface area contributed by atoms with E-state index in [1.807, 2.05) is 22.6 Å². The lowest BCUT2D eigenvalue weighted by Gasteiger charge is -2.35. The maximum absolute atomic E-state index is 11.7. The molecule has 0 aromatic carbocycles. The zero-order valence-electron chi connectivity index (χ0n) is 10.4. The Kier molecular flexibility index (Phi) is 5.25. The van der Waals surface area contributed by atoms with Gasteiger partial charge in [0, 0.05) is 0 Å². The second-order valence-electron chi connectivity index (χ2n) is 4.18. The van der Waals surface area contributed by atoms with Crippen LogP contribution in [0.15, 0.2) is 9.95 Å². The first-order valence-corrected chi connectivity index (χ1v) is 8.00. The van der Waals surface area contributed by atoms with Crippen LogP contribution in [0.25, 0.3) is 0 Å². The molecule has 8 nitrogen and oxygen atoms in total. The molecule has 1 saturated heterocycles. The highest BCUT2D eigenvalue weighted by Gasteiger charge is 2.38. The molecule has 1 aromatic heterocycles. The van der Waals surface area contributed by atoms with E-state index in [1.165, 1.54) is 11.8 Å². The Morgan fingerprint density at radius 3 is 2.80 bits per heavy atom. The number of halogens is 1. The van der Waals surface area contributed by atoms with Gasteiger partial charge in [-0.25, -0.2) is 4.98 Å². The number of hydrogen-bond donors (Lipinski definition) is 5. The summed E-state index contributed by atoms with van der Waals surface area (Å²) in [5, 5.41) is 32.0. The van der Waals surface area contributed by atoms with E-state index in [2.05, 4.69) is 15.3 Å². The summed E-state index contributed by atoms with van der Waals surface area (Å²) in [6, 6.07) is 0. The van der Waals surface area contributed by atoms with Crippen LogP contribution in [0.4, 0.5) is 5.82 Å². The highest BCUT2D eigenvalue weighted by Crippen LogP contribution is 2.20. The molecule has 1 aromatic rings. The number of aromatic nitrogens is 2. The molecule has 10 heteroatoms. The molecule has 1 fully saturated rings. The lowest BCUT2D eigenvalue weighted by atomic mass is 10.0. The van der Waals surface area contributed by atoms with Gasteiger partial charge in [0.2, 0.25) is 0 Å². The molecule has 0 bridgehead atoms. The summed E-state index contributed by atoms with van der Waals surface area (Å²) >= 11 is 3.09. The molecule has 112 valence electrons. The molecule has 0 radical (unpaired) electrons. The topological polar surface area (TPSA) is 128 Å². The number of anilines is 1. The van der Waals surface area contributed by atoms with E-state index in [9.17, 15) is 20.1 Å². The predicted molar refractivity (Wildman–Crippen MR) is 80.7 cm³/mol. The zero-order valence-corrected chi connectivity index (χ0v) is 13.4. The van der Waals surface area contributed by atoms with Crippen LogP contribution in [0, 0.1) is 3.57 Å². The summed E-state index contributed by atoms with van der Waals surface area (Å²) < 4.78 is 5.53. The second-order valence-corrected chi connectivity index (χ2v) is 6.06. The van der Waals surface area contributed by atoms with Gasteiger partial charge in [-0.3, -0.25) is 4.79 Å². The fourth-order valence-electron chi connectivity index (χ4n) is 1.70. The third-order valence-corrected chi connectivity index (χ3v) is 4.40. The van der Waals surface area contributed by atoms with Crippen LogP contribution in [0.2, 0.25) is 0 Å². The minimum absolute atomic E-state index is 0.120. The molecule has 4 atom stereocenters. The van der Waals surface area contributed by atoms with Crippen molar-refractivity contribution in [2.45, 2.75) is 29.7 Å². The highest BCUT2D eigenvalue weighted by molar-refractivity contribution is 14.1. The fraction of sp³-hybridized carbons (Fsp3) is 0.600. The number of aliphatic hydroxyl groups is 3.